The van der Waals surface area contributed by atoms with Gasteiger partial charge in [-0.05, 0) is 31.5 Å². The lowest BCUT2D eigenvalue weighted by Crippen LogP contribution is -2.20. The molecule has 6 heteroatoms. The van der Waals surface area contributed by atoms with Crippen molar-refractivity contribution in [3.8, 4) is 16.9 Å². The zero-order chi connectivity index (χ0) is 21.3. The number of nitrogens with zero attached hydrogens (tertiary/aromatic N) is 1. The fourth-order valence-corrected chi connectivity index (χ4v) is 3.49. The number of nitrogens with one attached hydrogen (secondary N) is 2. The topological polar surface area (TPSA) is 57.2 Å². The summed E-state index contributed by atoms with van der Waals surface area (Å²) < 4.78 is 29.9. The highest BCUT2D eigenvalue weighted by Gasteiger charge is 2.23. The molecule has 29 heavy (non-hydrogen) atoms. The van der Waals surface area contributed by atoms with E-state index in [2.05, 4.69) is 22.5 Å². The zero-order valence-corrected chi connectivity index (χ0v) is 17.6. The Morgan fingerprint density at radius 3 is 2.55 bits per heavy atom. The molecule has 1 aliphatic heterocycles. The van der Waals surface area contributed by atoms with E-state index in [9.17, 15) is 13.9 Å². The number of aromatic nitrogens is 1. The predicted molar refractivity (Wildman–Crippen MR) is 111 cm³/mol. The number of hydrogen-bond donors (Lipinski definition) is 3. The lowest BCUT2D eigenvalue weighted by Gasteiger charge is -2.20. The summed E-state index contributed by atoms with van der Waals surface area (Å²) in [6, 6.07) is 3.97. The van der Waals surface area contributed by atoms with Gasteiger partial charge in [0.05, 0.1) is 12.2 Å². The maximum atomic E-state index is 15.0. The largest absolute Gasteiger partial charge is 0.506 e. The molecule has 2 atom stereocenters. The standard InChI is InChI=1S/C23H29F2N3O/c1-6-14-7-15(11-26-14)28-13(2)16-8-20(25)17(9-19(16)24)18-10-22(23(3,4)5)27-12-21(18)29/h8-14,26,28-29H,6-7H2,1-5H3/t13?,14-/m0/s1. The minimum atomic E-state index is -0.582. The molecule has 0 spiro atoms. The van der Waals surface area contributed by atoms with E-state index in [1.54, 1.807) is 13.0 Å². The van der Waals surface area contributed by atoms with Gasteiger partial charge in [-0.25, -0.2) is 8.78 Å². The molecule has 2 aromatic rings. The number of hydrogen-bond acceptors (Lipinski definition) is 4. The van der Waals surface area contributed by atoms with Gasteiger partial charge >= 0.3 is 0 Å². The molecule has 3 rings (SSSR count). The predicted octanol–water partition coefficient (Wildman–Crippen LogP) is 5.29. The Bertz CT molecular complexity index is 934. The van der Waals surface area contributed by atoms with Crippen LogP contribution >= 0.6 is 0 Å². The van der Waals surface area contributed by atoms with Gasteiger partial charge in [-0.1, -0.05) is 27.7 Å². The highest BCUT2D eigenvalue weighted by molar-refractivity contribution is 5.71. The number of aromatic hydroxyl groups is 1. The quantitative estimate of drug-likeness (QED) is 0.637. The smallest absolute Gasteiger partial charge is 0.141 e. The summed E-state index contributed by atoms with van der Waals surface area (Å²) in [5.41, 5.74) is 1.90. The Kier molecular flexibility index (Phi) is 5.82. The van der Waals surface area contributed by atoms with Crippen molar-refractivity contribution in [2.24, 2.45) is 0 Å². The lowest BCUT2D eigenvalue weighted by atomic mass is 9.89. The molecule has 4 nitrogen and oxygen atoms in total. The van der Waals surface area contributed by atoms with E-state index >= 15 is 0 Å². The second-order valence-electron chi connectivity index (χ2n) is 8.70. The molecule has 1 aliphatic rings. The molecule has 1 aromatic heterocycles. The Morgan fingerprint density at radius 2 is 1.93 bits per heavy atom. The minimum absolute atomic E-state index is 0.0247. The van der Waals surface area contributed by atoms with E-state index in [1.165, 1.54) is 12.3 Å². The van der Waals surface area contributed by atoms with Crippen molar-refractivity contribution in [2.45, 2.75) is 65.0 Å². The van der Waals surface area contributed by atoms with Gasteiger partial charge in [-0.3, -0.25) is 4.98 Å². The molecule has 0 amide bonds. The molecule has 0 saturated heterocycles. The zero-order valence-electron chi connectivity index (χ0n) is 17.6. The molecule has 0 saturated carbocycles. The van der Waals surface area contributed by atoms with Gasteiger partial charge < -0.3 is 15.7 Å². The van der Waals surface area contributed by atoms with Gasteiger partial charge in [-0.2, -0.15) is 0 Å². The normalized spacial score (nSPS) is 17.6. The van der Waals surface area contributed by atoms with Crippen molar-refractivity contribution < 1.29 is 13.9 Å². The van der Waals surface area contributed by atoms with Crippen LogP contribution in [0, 0.1) is 11.6 Å². The third-order valence-corrected chi connectivity index (χ3v) is 5.35. The third-order valence-electron chi connectivity index (χ3n) is 5.35. The Hall–Kier alpha value is -2.63. The molecular weight excluding hydrogens is 372 g/mol. The number of halogens is 2. The Labute approximate surface area is 171 Å². The number of rotatable bonds is 5. The van der Waals surface area contributed by atoms with Gasteiger partial charge in [0.1, 0.15) is 17.4 Å². The molecular formula is C23H29F2N3O. The van der Waals surface area contributed by atoms with Crippen molar-refractivity contribution >= 4 is 0 Å². The van der Waals surface area contributed by atoms with Crippen LogP contribution in [0.25, 0.3) is 11.1 Å². The number of pyridine rings is 1. The molecule has 0 radical (unpaired) electrons. The first-order chi connectivity index (χ1) is 13.6. The van der Waals surface area contributed by atoms with E-state index in [0.717, 1.165) is 24.6 Å². The van der Waals surface area contributed by atoms with E-state index in [0.29, 0.717) is 11.7 Å². The number of benzene rings is 1. The Balaban J connectivity index is 1.90. The summed E-state index contributed by atoms with van der Waals surface area (Å²) >= 11 is 0. The first kappa shape index (κ1) is 21.1. The van der Waals surface area contributed by atoms with Crippen molar-refractivity contribution in [3.63, 3.8) is 0 Å². The summed E-state index contributed by atoms with van der Waals surface area (Å²) in [6.45, 7) is 9.82. The summed E-state index contributed by atoms with van der Waals surface area (Å²) in [6.07, 6.45) is 5.02. The molecule has 0 aliphatic carbocycles. The monoisotopic (exact) mass is 401 g/mol. The highest BCUT2D eigenvalue weighted by Crippen LogP contribution is 2.36. The second-order valence-corrected chi connectivity index (χ2v) is 8.70. The lowest BCUT2D eigenvalue weighted by molar-refractivity contribution is 0.470. The fraction of sp³-hybridized carbons (Fsp3) is 0.435. The first-order valence-corrected chi connectivity index (χ1v) is 10.0. The van der Waals surface area contributed by atoms with Crippen LogP contribution in [0.5, 0.6) is 5.75 Å². The van der Waals surface area contributed by atoms with Crippen LogP contribution in [0.3, 0.4) is 0 Å². The summed E-state index contributed by atoms with van der Waals surface area (Å²) in [7, 11) is 0. The van der Waals surface area contributed by atoms with Gasteiger partial charge in [-0.15, -0.1) is 0 Å². The van der Waals surface area contributed by atoms with Crippen molar-refractivity contribution in [3.05, 3.63) is 59.2 Å². The summed E-state index contributed by atoms with van der Waals surface area (Å²) in [4.78, 5) is 4.22. The van der Waals surface area contributed by atoms with Crippen LogP contribution in [-0.2, 0) is 5.41 Å². The average molecular weight is 402 g/mol. The van der Waals surface area contributed by atoms with Crippen LogP contribution in [0.4, 0.5) is 8.78 Å². The van der Waals surface area contributed by atoms with Gasteiger partial charge in [0.2, 0.25) is 0 Å². The highest BCUT2D eigenvalue weighted by atomic mass is 19.1. The average Bonchev–Trinajstić information content (AvgIpc) is 3.10. The molecule has 0 fully saturated rings. The summed E-state index contributed by atoms with van der Waals surface area (Å²) in [5.74, 6) is -1.28. The van der Waals surface area contributed by atoms with E-state index in [4.69, 9.17) is 0 Å². The molecule has 0 bridgehead atoms. The maximum Gasteiger partial charge on any atom is 0.141 e. The van der Waals surface area contributed by atoms with E-state index in [1.807, 2.05) is 27.0 Å². The van der Waals surface area contributed by atoms with Crippen molar-refractivity contribution in [2.75, 3.05) is 0 Å². The molecule has 1 unspecified atom stereocenters. The summed E-state index contributed by atoms with van der Waals surface area (Å²) in [5, 5.41) is 16.7. The molecule has 2 heterocycles. The minimum Gasteiger partial charge on any atom is -0.506 e. The van der Waals surface area contributed by atoms with E-state index < -0.39 is 17.7 Å². The van der Waals surface area contributed by atoms with Crippen LogP contribution in [0.1, 0.15) is 64.8 Å². The maximum absolute atomic E-state index is 15.0. The van der Waals surface area contributed by atoms with E-state index in [-0.39, 0.29) is 27.9 Å². The molecule has 1 aromatic carbocycles. The second kappa shape index (κ2) is 8.01. The van der Waals surface area contributed by atoms with Crippen LogP contribution < -0.4 is 10.6 Å². The van der Waals surface area contributed by atoms with Crippen molar-refractivity contribution in [1.29, 1.82) is 0 Å². The first-order valence-electron chi connectivity index (χ1n) is 10.0. The molecule has 3 N–H and O–H groups in total. The fourth-order valence-electron chi connectivity index (χ4n) is 3.49. The van der Waals surface area contributed by atoms with Crippen LogP contribution in [0.2, 0.25) is 0 Å². The van der Waals surface area contributed by atoms with Gasteiger partial charge in [0.15, 0.2) is 0 Å². The Morgan fingerprint density at radius 1 is 1.21 bits per heavy atom. The van der Waals surface area contributed by atoms with Gasteiger partial charge in [0, 0.05) is 52.2 Å². The molecule has 156 valence electrons. The van der Waals surface area contributed by atoms with Crippen molar-refractivity contribution in [1.82, 2.24) is 15.6 Å². The van der Waals surface area contributed by atoms with Crippen LogP contribution in [0.15, 0.2) is 36.3 Å². The van der Waals surface area contributed by atoms with Crippen LogP contribution in [-0.4, -0.2) is 16.1 Å². The third kappa shape index (κ3) is 4.52. The van der Waals surface area contributed by atoms with Gasteiger partial charge in [0.25, 0.3) is 0 Å². The SMILES string of the molecule is CC[C@H]1CC(NC(C)c2cc(F)c(-c3cc(C(C)(C)C)ncc3O)cc2F)=CN1.